The van der Waals surface area contributed by atoms with E-state index in [1.165, 1.54) is 4.90 Å². The average Bonchev–Trinajstić information content (AvgIpc) is 3.03. The van der Waals surface area contributed by atoms with Crippen molar-refractivity contribution in [3.8, 4) is 5.75 Å². The molecular formula is C19H29F3N4O2. The van der Waals surface area contributed by atoms with Crippen molar-refractivity contribution in [3.05, 3.63) is 29.8 Å². The lowest BCUT2D eigenvalue weighted by molar-refractivity contribution is -0.143. The Morgan fingerprint density at radius 1 is 1.43 bits per heavy atom. The van der Waals surface area contributed by atoms with Crippen LogP contribution in [0.4, 0.5) is 13.2 Å². The van der Waals surface area contributed by atoms with Crippen LogP contribution < -0.4 is 15.4 Å². The van der Waals surface area contributed by atoms with E-state index >= 15 is 0 Å². The van der Waals surface area contributed by atoms with Gasteiger partial charge in [0.1, 0.15) is 18.5 Å². The summed E-state index contributed by atoms with van der Waals surface area (Å²) in [4.78, 5) is 5.71. The predicted molar refractivity (Wildman–Crippen MR) is 103 cm³/mol. The molecule has 0 radical (unpaired) electrons. The summed E-state index contributed by atoms with van der Waals surface area (Å²) in [6, 6.07) is 7.43. The van der Waals surface area contributed by atoms with Crippen molar-refractivity contribution < 1.29 is 23.0 Å². The van der Waals surface area contributed by atoms with Crippen molar-refractivity contribution in [1.29, 1.82) is 0 Å². The SMILES string of the molecule is CCNC(=NCC(O)COc1cccc(C)c1)NC1CCN(CC(F)(F)F)C1. The summed E-state index contributed by atoms with van der Waals surface area (Å²) < 4.78 is 43.1. The fourth-order valence-corrected chi connectivity index (χ4v) is 3.01. The third-order valence-electron chi connectivity index (χ3n) is 4.25. The first-order chi connectivity index (χ1) is 13.2. The summed E-state index contributed by atoms with van der Waals surface area (Å²) in [5.41, 5.74) is 1.07. The second kappa shape index (κ2) is 10.5. The van der Waals surface area contributed by atoms with Crippen LogP contribution in [0.25, 0.3) is 0 Å². The molecule has 1 heterocycles. The van der Waals surface area contributed by atoms with Crippen molar-refractivity contribution in [3.63, 3.8) is 0 Å². The van der Waals surface area contributed by atoms with Gasteiger partial charge in [0.25, 0.3) is 0 Å². The number of aryl methyl sites for hydroxylation is 1. The van der Waals surface area contributed by atoms with Gasteiger partial charge in [0.05, 0.1) is 13.1 Å². The number of alkyl halides is 3. The highest BCUT2D eigenvalue weighted by molar-refractivity contribution is 5.80. The minimum absolute atomic E-state index is 0.106. The van der Waals surface area contributed by atoms with E-state index in [0.29, 0.717) is 37.8 Å². The molecule has 0 aliphatic carbocycles. The first-order valence-electron chi connectivity index (χ1n) is 9.46. The molecule has 0 saturated carbocycles. The summed E-state index contributed by atoms with van der Waals surface area (Å²) in [5, 5.41) is 16.3. The van der Waals surface area contributed by atoms with Crippen molar-refractivity contribution in [1.82, 2.24) is 15.5 Å². The maximum Gasteiger partial charge on any atom is 0.401 e. The molecule has 158 valence electrons. The van der Waals surface area contributed by atoms with Crippen LogP contribution in [-0.4, -0.2) is 73.6 Å². The number of hydrogen-bond acceptors (Lipinski definition) is 4. The van der Waals surface area contributed by atoms with Crippen molar-refractivity contribution in [2.75, 3.05) is 39.3 Å². The number of nitrogens with one attached hydrogen (secondary N) is 2. The van der Waals surface area contributed by atoms with Gasteiger partial charge in [0, 0.05) is 25.7 Å². The third kappa shape index (κ3) is 8.35. The number of ether oxygens (including phenoxy) is 1. The van der Waals surface area contributed by atoms with Crippen LogP contribution in [0.3, 0.4) is 0 Å². The van der Waals surface area contributed by atoms with Gasteiger partial charge in [-0.25, -0.2) is 0 Å². The first kappa shape index (κ1) is 22.3. The molecule has 1 aliphatic rings. The molecule has 1 saturated heterocycles. The van der Waals surface area contributed by atoms with Gasteiger partial charge in [-0.2, -0.15) is 13.2 Å². The van der Waals surface area contributed by atoms with Crippen LogP contribution >= 0.6 is 0 Å². The molecule has 2 atom stereocenters. The number of hydrogen-bond donors (Lipinski definition) is 3. The van der Waals surface area contributed by atoms with E-state index < -0.39 is 18.8 Å². The van der Waals surface area contributed by atoms with E-state index in [1.54, 1.807) is 0 Å². The molecule has 1 fully saturated rings. The fourth-order valence-electron chi connectivity index (χ4n) is 3.01. The Hall–Kier alpha value is -2.00. The third-order valence-corrected chi connectivity index (χ3v) is 4.25. The smallest absolute Gasteiger partial charge is 0.401 e. The maximum atomic E-state index is 12.5. The quantitative estimate of drug-likeness (QED) is 0.458. The topological polar surface area (TPSA) is 69.1 Å². The number of guanidine groups is 1. The molecule has 0 spiro atoms. The number of halogens is 3. The molecule has 1 aliphatic heterocycles. The van der Waals surface area contributed by atoms with Crippen molar-refractivity contribution in [2.24, 2.45) is 4.99 Å². The standard InChI is InChI=1S/C19H29F3N4O2/c1-3-23-18(25-15-7-8-26(11-15)13-19(20,21)22)24-10-16(27)12-28-17-6-4-5-14(2)9-17/h4-6,9,15-16,27H,3,7-8,10-13H2,1-2H3,(H2,23,24,25). The van der Waals surface area contributed by atoms with E-state index in [-0.39, 0.29) is 19.2 Å². The number of aliphatic hydroxyl groups is 1. The summed E-state index contributed by atoms with van der Waals surface area (Å²) in [6.07, 6.45) is -4.37. The van der Waals surface area contributed by atoms with Crippen molar-refractivity contribution >= 4 is 5.96 Å². The molecule has 0 bridgehead atoms. The van der Waals surface area contributed by atoms with Crippen LogP contribution in [-0.2, 0) is 0 Å². The fraction of sp³-hybridized carbons (Fsp3) is 0.632. The Balaban J connectivity index is 1.79. The Morgan fingerprint density at radius 2 is 2.21 bits per heavy atom. The van der Waals surface area contributed by atoms with Gasteiger partial charge in [0.2, 0.25) is 0 Å². The van der Waals surface area contributed by atoms with Gasteiger partial charge in [0.15, 0.2) is 5.96 Å². The second-order valence-electron chi connectivity index (χ2n) is 6.98. The summed E-state index contributed by atoms with van der Waals surface area (Å²) >= 11 is 0. The molecule has 1 aromatic carbocycles. The van der Waals surface area contributed by atoms with E-state index in [4.69, 9.17) is 4.74 Å². The van der Waals surface area contributed by atoms with E-state index in [2.05, 4.69) is 15.6 Å². The van der Waals surface area contributed by atoms with Gasteiger partial charge in [-0.05, 0) is 38.0 Å². The monoisotopic (exact) mass is 402 g/mol. The van der Waals surface area contributed by atoms with Crippen LogP contribution in [0.1, 0.15) is 18.9 Å². The van der Waals surface area contributed by atoms with Crippen molar-refractivity contribution in [2.45, 2.75) is 38.6 Å². The van der Waals surface area contributed by atoms with Gasteiger partial charge >= 0.3 is 6.18 Å². The molecule has 3 N–H and O–H groups in total. The number of nitrogens with zero attached hydrogens (tertiary/aromatic N) is 2. The molecule has 1 aromatic rings. The lowest BCUT2D eigenvalue weighted by atomic mass is 10.2. The molecule has 28 heavy (non-hydrogen) atoms. The van der Waals surface area contributed by atoms with Crippen LogP contribution in [0.5, 0.6) is 5.75 Å². The zero-order valence-electron chi connectivity index (χ0n) is 16.3. The lowest BCUT2D eigenvalue weighted by Gasteiger charge is -2.20. The van der Waals surface area contributed by atoms with Gasteiger partial charge in [-0.1, -0.05) is 12.1 Å². The first-order valence-corrected chi connectivity index (χ1v) is 9.46. The van der Waals surface area contributed by atoms with E-state index in [9.17, 15) is 18.3 Å². The number of benzene rings is 1. The highest BCUT2D eigenvalue weighted by Crippen LogP contribution is 2.20. The minimum atomic E-state index is -4.19. The molecule has 0 aromatic heterocycles. The Bertz CT molecular complexity index is 640. The lowest BCUT2D eigenvalue weighted by Crippen LogP contribution is -2.45. The Kier molecular flexibility index (Phi) is 8.37. The van der Waals surface area contributed by atoms with Gasteiger partial charge in [-0.3, -0.25) is 9.89 Å². The second-order valence-corrected chi connectivity index (χ2v) is 6.98. The molecule has 0 amide bonds. The molecule has 9 heteroatoms. The van der Waals surface area contributed by atoms with Crippen LogP contribution in [0.2, 0.25) is 0 Å². The summed E-state index contributed by atoms with van der Waals surface area (Å²) in [6.45, 7) is 4.51. The molecule has 2 unspecified atom stereocenters. The zero-order valence-corrected chi connectivity index (χ0v) is 16.3. The zero-order chi connectivity index (χ0) is 20.6. The maximum absolute atomic E-state index is 12.5. The van der Waals surface area contributed by atoms with Gasteiger partial charge < -0.3 is 20.5 Å². The minimum Gasteiger partial charge on any atom is -0.491 e. The van der Waals surface area contributed by atoms with E-state index in [1.807, 2.05) is 38.1 Å². The van der Waals surface area contributed by atoms with E-state index in [0.717, 1.165) is 5.56 Å². The van der Waals surface area contributed by atoms with Gasteiger partial charge in [-0.15, -0.1) is 0 Å². The molecule has 2 rings (SSSR count). The number of aliphatic hydroxyl groups excluding tert-OH is 1. The highest BCUT2D eigenvalue weighted by atomic mass is 19.4. The highest BCUT2D eigenvalue weighted by Gasteiger charge is 2.34. The average molecular weight is 402 g/mol. The number of aliphatic imine (C=N–C) groups is 1. The summed E-state index contributed by atoms with van der Waals surface area (Å²) in [5.74, 6) is 1.17. The van der Waals surface area contributed by atoms with Crippen LogP contribution in [0, 0.1) is 6.92 Å². The molecule has 6 nitrogen and oxygen atoms in total. The predicted octanol–water partition coefficient (Wildman–Crippen LogP) is 1.93. The number of rotatable bonds is 8. The largest absolute Gasteiger partial charge is 0.491 e. The Morgan fingerprint density at radius 3 is 2.89 bits per heavy atom. The Labute approximate surface area is 163 Å². The normalized spacial score (nSPS) is 19.5. The number of likely N-dealkylation sites (tertiary alicyclic amines) is 1. The summed E-state index contributed by atoms with van der Waals surface area (Å²) in [7, 11) is 0. The molecular weight excluding hydrogens is 373 g/mol. The van der Waals surface area contributed by atoms with Crippen LogP contribution in [0.15, 0.2) is 29.3 Å².